The molecule has 2 saturated heterocycles. The Bertz CT molecular complexity index is 1320. The zero-order chi connectivity index (χ0) is 26.9. The third-order valence-electron chi connectivity index (χ3n) is 8.30. The van der Waals surface area contributed by atoms with Gasteiger partial charge in [-0.1, -0.05) is 29.8 Å². The van der Waals surface area contributed by atoms with Crippen LogP contribution in [-0.4, -0.2) is 84.0 Å². The molecule has 2 fully saturated rings. The molecule has 0 aliphatic carbocycles. The average molecular weight is 537 g/mol. The highest BCUT2D eigenvalue weighted by molar-refractivity contribution is 6.31. The first kappa shape index (κ1) is 26.6. The minimum Gasteiger partial charge on any atom is -0.493 e. The van der Waals surface area contributed by atoms with Crippen molar-refractivity contribution in [2.75, 3.05) is 52.9 Å². The predicted molar refractivity (Wildman–Crippen MR) is 151 cm³/mol. The van der Waals surface area contributed by atoms with Crippen LogP contribution in [-0.2, 0) is 11.8 Å². The van der Waals surface area contributed by atoms with Crippen LogP contribution in [0.5, 0.6) is 5.75 Å². The Balaban J connectivity index is 1.31. The normalized spacial score (nSPS) is 18.1. The monoisotopic (exact) mass is 536 g/mol. The molecule has 0 atom stereocenters. The predicted octanol–water partition coefficient (Wildman–Crippen LogP) is 4.61. The van der Waals surface area contributed by atoms with Crippen molar-refractivity contribution in [1.29, 1.82) is 0 Å². The Morgan fingerprint density at radius 2 is 1.66 bits per heavy atom. The standard InChI is InChI=1S/C30H37ClN4O3/c1-22-18-23(8-9-26(22)31)38-21-30(19-28(36)34-16-14-32(2)15-17-34)10-12-35(13-11-30)29(37)25-20-33(3)27-7-5-4-6-24(25)27/h4-9,18,20H,10-17,19,21H2,1-3H3. The number of amides is 2. The minimum absolute atomic E-state index is 0.0510. The summed E-state index contributed by atoms with van der Waals surface area (Å²) >= 11 is 6.21. The molecule has 8 heteroatoms. The van der Waals surface area contributed by atoms with Gasteiger partial charge < -0.3 is 24.0 Å². The molecule has 0 spiro atoms. The maximum atomic E-state index is 13.6. The number of hydrogen-bond donors (Lipinski definition) is 0. The summed E-state index contributed by atoms with van der Waals surface area (Å²) in [7, 11) is 4.06. The fourth-order valence-electron chi connectivity index (χ4n) is 5.67. The lowest BCUT2D eigenvalue weighted by Crippen LogP contribution is -2.51. The number of ether oxygens (including phenoxy) is 1. The largest absolute Gasteiger partial charge is 0.493 e. The third-order valence-corrected chi connectivity index (χ3v) is 8.72. The minimum atomic E-state index is -0.330. The van der Waals surface area contributed by atoms with Gasteiger partial charge in [0.15, 0.2) is 0 Å². The summed E-state index contributed by atoms with van der Waals surface area (Å²) < 4.78 is 8.29. The van der Waals surface area contributed by atoms with Gasteiger partial charge in [0.05, 0.1) is 12.2 Å². The van der Waals surface area contributed by atoms with Crippen molar-refractivity contribution in [3.8, 4) is 5.75 Å². The number of aromatic nitrogens is 1. The van der Waals surface area contributed by atoms with Crippen LogP contribution in [0.15, 0.2) is 48.7 Å². The van der Waals surface area contributed by atoms with Crippen molar-refractivity contribution in [2.24, 2.45) is 12.5 Å². The topological polar surface area (TPSA) is 58.0 Å². The highest BCUT2D eigenvalue weighted by Gasteiger charge is 2.40. The van der Waals surface area contributed by atoms with Gasteiger partial charge in [0.25, 0.3) is 5.91 Å². The Morgan fingerprint density at radius 1 is 0.947 bits per heavy atom. The van der Waals surface area contributed by atoms with Gasteiger partial charge in [-0.05, 0) is 56.6 Å². The molecule has 2 aromatic carbocycles. The number of carbonyl (C=O) groups is 2. The Morgan fingerprint density at radius 3 is 2.37 bits per heavy atom. The van der Waals surface area contributed by atoms with Crippen molar-refractivity contribution >= 4 is 34.3 Å². The molecular formula is C30H37ClN4O3. The van der Waals surface area contributed by atoms with Crippen LogP contribution in [0.1, 0.15) is 35.2 Å². The van der Waals surface area contributed by atoms with Gasteiger partial charge in [-0.2, -0.15) is 0 Å². The van der Waals surface area contributed by atoms with E-state index in [0.29, 0.717) is 31.1 Å². The molecule has 38 heavy (non-hydrogen) atoms. The smallest absolute Gasteiger partial charge is 0.256 e. The number of carbonyl (C=O) groups excluding carboxylic acids is 2. The summed E-state index contributed by atoms with van der Waals surface area (Å²) in [5.74, 6) is 0.991. The molecule has 2 aliphatic heterocycles. The lowest BCUT2D eigenvalue weighted by molar-refractivity contribution is -0.136. The first-order chi connectivity index (χ1) is 18.2. The van der Waals surface area contributed by atoms with Gasteiger partial charge in [0, 0.05) is 80.3 Å². The maximum Gasteiger partial charge on any atom is 0.256 e. The lowest BCUT2D eigenvalue weighted by atomic mass is 9.75. The van der Waals surface area contributed by atoms with E-state index in [1.165, 1.54) is 0 Å². The van der Waals surface area contributed by atoms with E-state index in [-0.39, 0.29) is 17.2 Å². The number of rotatable bonds is 6. The van der Waals surface area contributed by atoms with Crippen molar-refractivity contribution in [3.63, 3.8) is 0 Å². The number of likely N-dealkylation sites (tertiary alicyclic amines) is 1. The summed E-state index contributed by atoms with van der Waals surface area (Å²) in [4.78, 5) is 33.2. The van der Waals surface area contributed by atoms with E-state index in [2.05, 4.69) is 11.9 Å². The van der Waals surface area contributed by atoms with Gasteiger partial charge >= 0.3 is 0 Å². The fourth-order valence-corrected chi connectivity index (χ4v) is 5.79. The second-order valence-corrected chi connectivity index (χ2v) is 11.4. The highest BCUT2D eigenvalue weighted by Crippen LogP contribution is 2.38. The maximum absolute atomic E-state index is 13.6. The second-order valence-electron chi connectivity index (χ2n) is 11.0. The molecule has 3 aromatic rings. The number of nitrogens with zero attached hydrogens (tertiary/aromatic N) is 4. The Labute approximate surface area is 229 Å². The summed E-state index contributed by atoms with van der Waals surface area (Å²) in [6, 6.07) is 13.7. The summed E-state index contributed by atoms with van der Waals surface area (Å²) in [5, 5.41) is 1.68. The van der Waals surface area contributed by atoms with E-state index < -0.39 is 0 Å². The molecule has 0 radical (unpaired) electrons. The molecule has 0 unspecified atom stereocenters. The Kier molecular flexibility index (Phi) is 7.68. The molecular weight excluding hydrogens is 500 g/mol. The molecule has 202 valence electrons. The molecule has 1 aromatic heterocycles. The fraction of sp³-hybridized carbons (Fsp3) is 0.467. The number of hydrogen-bond acceptors (Lipinski definition) is 4. The third kappa shape index (κ3) is 5.54. The molecule has 0 saturated carbocycles. The van der Waals surface area contributed by atoms with Crippen molar-refractivity contribution in [2.45, 2.75) is 26.2 Å². The van der Waals surface area contributed by atoms with Crippen molar-refractivity contribution in [1.82, 2.24) is 19.3 Å². The van der Waals surface area contributed by atoms with E-state index in [4.69, 9.17) is 16.3 Å². The van der Waals surface area contributed by atoms with E-state index in [0.717, 1.165) is 66.8 Å². The SMILES string of the molecule is Cc1cc(OCC2(CC(=O)N3CCN(C)CC3)CCN(C(=O)c3cn(C)c4ccccc34)CC2)ccc1Cl. The first-order valence-electron chi connectivity index (χ1n) is 13.4. The molecule has 7 nitrogen and oxygen atoms in total. The number of piperidine rings is 1. The van der Waals surface area contributed by atoms with Crippen LogP contribution in [0, 0.1) is 12.3 Å². The van der Waals surface area contributed by atoms with Crippen molar-refractivity contribution < 1.29 is 14.3 Å². The molecule has 0 bridgehead atoms. The van der Waals surface area contributed by atoms with Gasteiger partial charge in [-0.25, -0.2) is 0 Å². The van der Waals surface area contributed by atoms with E-state index in [9.17, 15) is 9.59 Å². The number of piperazine rings is 1. The average Bonchev–Trinajstić information content (AvgIpc) is 3.26. The molecule has 5 rings (SSSR count). The van der Waals surface area contributed by atoms with Crippen LogP contribution >= 0.6 is 11.6 Å². The molecule has 2 aliphatic rings. The highest BCUT2D eigenvalue weighted by atomic mass is 35.5. The van der Waals surface area contributed by atoms with Crippen molar-refractivity contribution in [3.05, 3.63) is 64.8 Å². The zero-order valence-corrected chi connectivity index (χ0v) is 23.3. The Hall–Kier alpha value is -3.03. The molecule has 0 N–H and O–H groups in total. The number of para-hydroxylation sites is 1. The number of benzene rings is 2. The molecule has 3 heterocycles. The van der Waals surface area contributed by atoms with Crippen LogP contribution in [0.2, 0.25) is 5.02 Å². The summed E-state index contributed by atoms with van der Waals surface area (Å²) in [6.45, 7) is 6.90. The number of aryl methyl sites for hydroxylation is 2. The number of halogens is 1. The number of fused-ring (bicyclic) bond motifs is 1. The molecule has 2 amide bonds. The quantitative estimate of drug-likeness (QED) is 0.462. The van der Waals surface area contributed by atoms with Crippen LogP contribution < -0.4 is 4.74 Å². The van der Waals surface area contributed by atoms with Crippen LogP contribution in [0.25, 0.3) is 10.9 Å². The van der Waals surface area contributed by atoms with Crippen LogP contribution in [0.4, 0.5) is 0 Å². The van der Waals surface area contributed by atoms with Gasteiger partial charge in [-0.15, -0.1) is 0 Å². The zero-order valence-electron chi connectivity index (χ0n) is 22.6. The summed E-state index contributed by atoms with van der Waals surface area (Å²) in [6.07, 6.45) is 3.79. The van der Waals surface area contributed by atoms with E-state index in [1.54, 1.807) is 0 Å². The van der Waals surface area contributed by atoms with Gasteiger partial charge in [-0.3, -0.25) is 9.59 Å². The van der Waals surface area contributed by atoms with Gasteiger partial charge in [0.1, 0.15) is 5.75 Å². The number of likely N-dealkylation sites (N-methyl/N-ethyl adjacent to an activating group) is 1. The van der Waals surface area contributed by atoms with Gasteiger partial charge in [0.2, 0.25) is 5.91 Å². The lowest BCUT2D eigenvalue weighted by Gasteiger charge is -2.42. The van der Waals surface area contributed by atoms with Crippen LogP contribution in [0.3, 0.4) is 0 Å². The van der Waals surface area contributed by atoms with E-state index in [1.807, 2.05) is 77.0 Å². The second kappa shape index (κ2) is 11.0. The summed E-state index contributed by atoms with van der Waals surface area (Å²) in [5.41, 5.74) is 2.41. The first-order valence-corrected chi connectivity index (χ1v) is 13.8. The van der Waals surface area contributed by atoms with E-state index >= 15 is 0 Å².